The van der Waals surface area contributed by atoms with Gasteiger partial charge in [0.05, 0.1) is 5.67 Å². The summed E-state index contributed by atoms with van der Waals surface area (Å²) in [7, 11) is -5.25. The molecule has 0 aliphatic rings. The third-order valence-corrected chi connectivity index (χ3v) is 12.2. The molecule has 0 radical (unpaired) electrons. The molecule has 0 spiro atoms. The smallest absolute Gasteiger partial charge is 0.395 e. The van der Waals surface area contributed by atoms with Crippen LogP contribution in [0.3, 0.4) is 0 Å². The second-order valence-corrected chi connectivity index (χ2v) is 11.7. The van der Waals surface area contributed by atoms with E-state index in [1.54, 1.807) is 0 Å². The summed E-state index contributed by atoms with van der Waals surface area (Å²) in [6.07, 6.45) is 0.864. The van der Waals surface area contributed by atoms with E-state index < -0.39 is 17.4 Å². The number of alkyl halides is 1. The molecule has 0 aromatic heterocycles. The molecule has 8 heteroatoms. The highest BCUT2D eigenvalue weighted by Crippen LogP contribution is 2.30. The van der Waals surface area contributed by atoms with Crippen molar-refractivity contribution < 1.29 is 22.1 Å². The molecule has 0 amide bonds. The zero-order valence-corrected chi connectivity index (χ0v) is 17.5. The molecule has 0 N–H and O–H groups in total. The maximum absolute atomic E-state index is 6.12. The Labute approximate surface area is 143 Å². The summed E-state index contributed by atoms with van der Waals surface area (Å²) in [5.41, 5.74) is 0.619. The van der Waals surface area contributed by atoms with Gasteiger partial charge in [0.1, 0.15) is 0 Å². The zero-order valence-electron chi connectivity index (χ0n) is 14.8. The largest absolute Gasteiger partial charge is 0.502 e. The van der Waals surface area contributed by atoms with Crippen LogP contribution in [0.1, 0.15) is 41.0 Å². The summed E-state index contributed by atoms with van der Waals surface area (Å²) in [5.74, 6) is 0.599. The maximum atomic E-state index is 6.12. The summed E-state index contributed by atoms with van der Waals surface area (Å²) in [5, 5.41) is 0. The molecular formula is C14H33ClO5Si2. The van der Waals surface area contributed by atoms with Crippen molar-refractivity contribution in [2.45, 2.75) is 52.8 Å². The molecule has 0 saturated carbocycles. The van der Waals surface area contributed by atoms with E-state index in [9.17, 15) is 0 Å². The minimum Gasteiger partial charge on any atom is -0.395 e. The van der Waals surface area contributed by atoms with E-state index >= 15 is 0 Å². The Bertz CT molecular complexity index is 249. The predicted octanol–water partition coefficient (Wildman–Crippen LogP) is 3.72. The lowest BCUT2D eigenvalue weighted by molar-refractivity contribution is 0.0701. The summed E-state index contributed by atoms with van der Waals surface area (Å²) in [4.78, 5) is 0. The molecule has 0 saturated heterocycles. The molecule has 0 rings (SSSR count). The summed E-state index contributed by atoms with van der Waals surface area (Å²) < 4.78 is 30.2. The summed E-state index contributed by atoms with van der Waals surface area (Å²) >= 11 is 5.89. The SMILES string of the molecule is CCO[Si](CCCCl)(C[Si](OCC)(OCC)OCC)OCC. The molecule has 0 bridgehead atoms. The Kier molecular flexibility index (Phi) is 13.2. The third-order valence-electron chi connectivity index (χ3n) is 3.08. The van der Waals surface area contributed by atoms with Gasteiger partial charge in [0.25, 0.3) is 0 Å². The molecule has 0 atom stereocenters. The Morgan fingerprint density at radius 3 is 1.41 bits per heavy atom. The first-order chi connectivity index (χ1) is 10.6. The number of halogens is 1. The van der Waals surface area contributed by atoms with Gasteiger partial charge in [-0.15, -0.1) is 11.6 Å². The quantitative estimate of drug-likeness (QED) is 0.324. The monoisotopic (exact) mass is 372 g/mol. The van der Waals surface area contributed by atoms with Crippen LogP contribution in [0, 0.1) is 0 Å². The molecule has 0 fully saturated rings. The van der Waals surface area contributed by atoms with Crippen molar-refractivity contribution in [1.82, 2.24) is 0 Å². The van der Waals surface area contributed by atoms with Crippen molar-refractivity contribution in [2.24, 2.45) is 0 Å². The van der Waals surface area contributed by atoms with Gasteiger partial charge in [-0.3, -0.25) is 0 Å². The second-order valence-electron chi connectivity index (χ2n) is 4.73. The van der Waals surface area contributed by atoms with Crippen molar-refractivity contribution in [3.8, 4) is 0 Å². The van der Waals surface area contributed by atoms with E-state index in [-0.39, 0.29) is 0 Å². The Morgan fingerprint density at radius 2 is 1.09 bits per heavy atom. The lowest BCUT2D eigenvalue weighted by Gasteiger charge is -2.37. The standard InChI is InChI=1S/C14H33ClO5Si2/c1-6-16-21(17-7-2,13-11-12-15)14-22(18-8-3,19-9-4)20-10-5/h6-14H2,1-5H3. The minimum absolute atomic E-state index is 0.560. The molecule has 0 unspecified atom stereocenters. The predicted molar refractivity (Wildman–Crippen MR) is 94.6 cm³/mol. The van der Waals surface area contributed by atoms with Gasteiger partial charge >= 0.3 is 17.4 Å². The van der Waals surface area contributed by atoms with Crippen LogP contribution in [0.15, 0.2) is 0 Å². The minimum atomic E-state index is -2.79. The summed E-state index contributed by atoms with van der Waals surface area (Å²) in [6, 6.07) is 0.833. The molecule has 22 heavy (non-hydrogen) atoms. The highest BCUT2D eigenvalue weighted by Gasteiger charge is 2.53. The molecule has 0 aliphatic heterocycles. The average Bonchev–Trinajstić information content (AvgIpc) is 2.46. The Morgan fingerprint density at radius 1 is 0.682 bits per heavy atom. The first kappa shape index (κ1) is 22.5. The van der Waals surface area contributed by atoms with Crippen LogP contribution in [0.4, 0.5) is 0 Å². The highest BCUT2D eigenvalue weighted by molar-refractivity contribution is 6.83. The van der Waals surface area contributed by atoms with Crippen molar-refractivity contribution in [1.29, 1.82) is 0 Å². The van der Waals surface area contributed by atoms with Crippen LogP contribution in [0.5, 0.6) is 0 Å². The van der Waals surface area contributed by atoms with Gasteiger partial charge < -0.3 is 22.1 Å². The van der Waals surface area contributed by atoms with Crippen LogP contribution in [0.2, 0.25) is 11.7 Å². The third kappa shape index (κ3) is 7.87. The van der Waals surface area contributed by atoms with Gasteiger partial charge in [0.15, 0.2) is 0 Å². The molecule has 0 aromatic carbocycles. The van der Waals surface area contributed by atoms with Gasteiger partial charge in [0, 0.05) is 38.9 Å². The van der Waals surface area contributed by atoms with Crippen LogP contribution in [0.25, 0.3) is 0 Å². The van der Waals surface area contributed by atoms with Crippen LogP contribution < -0.4 is 0 Å². The maximum Gasteiger partial charge on any atom is 0.502 e. The molecule has 0 heterocycles. The molecule has 134 valence electrons. The van der Waals surface area contributed by atoms with E-state index in [0.29, 0.717) is 44.6 Å². The van der Waals surface area contributed by atoms with Gasteiger partial charge in [-0.1, -0.05) is 0 Å². The van der Waals surface area contributed by atoms with E-state index in [0.717, 1.165) is 12.5 Å². The van der Waals surface area contributed by atoms with Gasteiger partial charge in [0.2, 0.25) is 0 Å². The topological polar surface area (TPSA) is 46.2 Å². The lowest BCUT2D eigenvalue weighted by Crippen LogP contribution is -2.57. The van der Waals surface area contributed by atoms with Crippen LogP contribution >= 0.6 is 11.6 Å². The average molecular weight is 373 g/mol. The fraction of sp³-hybridized carbons (Fsp3) is 1.00. The molecule has 0 aliphatic carbocycles. The van der Waals surface area contributed by atoms with Crippen molar-refractivity contribution in [2.75, 3.05) is 38.9 Å². The van der Waals surface area contributed by atoms with E-state index in [1.165, 1.54) is 0 Å². The Balaban J connectivity index is 5.35. The van der Waals surface area contributed by atoms with Crippen LogP contribution in [-0.2, 0) is 22.1 Å². The highest BCUT2D eigenvalue weighted by atomic mass is 35.5. The lowest BCUT2D eigenvalue weighted by atomic mass is 10.6. The van der Waals surface area contributed by atoms with Gasteiger partial charge in [-0.2, -0.15) is 0 Å². The first-order valence-corrected chi connectivity index (χ1v) is 13.0. The first-order valence-electron chi connectivity index (χ1n) is 8.33. The number of hydrogen-bond donors (Lipinski definition) is 0. The van der Waals surface area contributed by atoms with Gasteiger partial charge in [-0.25, -0.2) is 0 Å². The zero-order chi connectivity index (χ0) is 16.9. The van der Waals surface area contributed by atoms with Crippen LogP contribution in [-0.4, -0.2) is 56.3 Å². The molecular weight excluding hydrogens is 340 g/mol. The second kappa shape index (κ2) is 12.9. The Hall–Kier alpha value is 0.524. The van der Waals surface area contributed by atoms with Crippen molar-refractivity contribution in [3.05, 3.63) is 0 Å². The van der Waals surface area contributed by atoms with Crippen molar-refractivity contribution >= 4 is 29.0 Å². The summed E-state index contributed by atoms with van der Waals surface area (Å²) in [6.45, 7) is 12.8. The van der Waals surface area contributed by atoms with E-state index in [4.69, 9.17) is 33.7 Å². The van der Waals surface area contributed by atoms with E-state index in [2.05, 4.69) is 0 Å². The number of hydrogen-bond acceptors (Lipinski definition) is 5. The van der Waals surface area contributed by atoms with Crippen molar-refractivity contribution in [3.63, 3.8) is 0 Å². The fourth-order valence-electron chi connectivity index (χ4n) is 2.51. The number of rotatable bonds is 15. The molecule has 0 aromatic rings. The fourth-order valence-corrected chi connectivity index (χ4v) is 12.0. The molecule has 5 nitrogen and oxygen atoms in total. The normalized spacial score (nSPS) is 12.8. The van der Waals surface area contributed by atoms with E-state index in [1.807, 2.05) is 34.6 Å². The van der Waals surface area contributed by atoms with Gasteiger partial charge in [-0.05, 0) is 47.1 Å².